The Labute approximate surface area is 136 Å². The first-order valence-corrected chi connectivity index (χ1v) is 7.53. The molecular formula is C16H13N5O3. The fourth-order valence-corrected chi connectivity index (χ4v) is 2.98. The zero-order chi connectivity index (χ0) is 16.7. The average molecular weight is 323 g/mol. The van der Waals surface area contributed by atoms with E-state index in [9.17, 15) is 14.9 Å². The van der Waals surface area contributed by atoms with Crippen LogP contribution in [0.2, 0.25) is 0 Å². The summed E-state index contributed by atoms with van der Waals surface area (Å²) in [6.45, 7) is 0.710. The van der Waals surface area contributed by atoms with Crippen LogP contribution in [0.3, 0.4) is 0 Å². The molecule has 0 saturated carbocycles. The quantitative estimate of drug-likeness (QED) is 0.545. The lowest BCUT2D eigenvalue weighted by Gasteiger charge is -2.16. The van der Waals surface area contributed by atoms with Crippen LogP contribution >= 0.6 is 0 Å². The van der Waals surface area contributed by atoms with Gasteiger partial charge in [0.1, 0.15) is 6.20 Å². The van der Waals surface area contributed by atoms with Gasteiger partial charge in [0, 0.05) is 30.4 Å². The monoisotopic (exact) mass is 323 g/mol. The van der Waals surface area contributed by atoms with E-state index in [1.807, 2.05) is 24.3 Å². The molecule has 4 rings (SSSR count). The second-order valence-corrected chi connectivity index (χ2v) is 5.55. The van der Waals surface area contributed by atoms with Gasteiger partial charge in [-0.25, -0.2) is 9.50 Å². The lowest BCUT2D eigenvalue weighted by atomic mass is 10.1. The summed E-state index contributed by atoms with van der Waals surface area (Å²) in [5.41, 5.74) is 2.38. The van der Waals surface area contributed by atoms with Gasteiger partial charge in [-0.3, -0.25) is 14.9 Å². The van der Waals surface area contributed by atoms with Crippen LogP contribution in [-0.2, 0) is 4.79 Å². The molecule has 1 saturated heterocycles. The molecule has 1 aromatic carbocycles. The number of nitrogens with zero attached hydrogens (tertiary/aromatic N) is 5. The molecule has 0 spiro atoms. The zero-order valence-electron chi connectivity index (χ0n) is 12.6. The van der Waals surface area contributed by atoms with Gasteiger partial charge in [-0.15, -0.1) is 0 Å². The Balaban J connectivity index is 1.83. The Hall–Kier alpha value is -3.29. The summed E-state index contributed by atoms with van der Waals surface area (Å²) < 4.78 is 1.45. The van der Waals surface area contributed by atoms with E-state index in [1.165, 1.54) is 16.9 Å². The molecule has 0 bridgehead atoms. The fourth-order valence-electron chi connectivity index (χ4n) is 2.98. The third kappa shape index (κ3) is 2.19. The number of carbonyl (C=O) groups excluding carboxylic acids is 1. The van der Waals surface area contributed by atoms with Gasteiger partial charge in [0.2, 0.25) is 11.6 Å². The summed E-state index contributed by atoms with van der Waals surface area (Å²) in [6, 6.07) is 9.27. The first kappa shape index (κ1) is 14.3. The fraction of sp³-hybridized carbons (Fsp3) is 0.188. The number of rotatable bonds is 3. The zero-order valence-corrected chi connectivity index (χ0v) is 12.6. The molecule has 1 aliphatic rings. The first-order chi connectivity index (χ1) is 11.6. The van der Waals surface area contributed by atoms with Gasteiger partial charge in [-0.2, -0.15) is 5.10 Å². The van der Waals surface area contributed by atoms with Crippen molar-refractivity contribution in [2.45, 2.75) is 12.8 Å². The molecule has 3 heterocycles. The van der Waals surface area contributed by atoms with E-state index < -0.39 is 4.92 Å². The van der Waals surface area contributed by atoms with Crippen molar-refractivity contribution in [3.63, 3.8) is 0 Å². The maximum Gasteiger partial charge on any atom is 0.333 e. The molecule has 1 aliphatic heterocycles. The van der Waals surface area contributed by atoms with Crippen molar-refractivity contribution < 1.29 is 9.72 Å². The molecule has 2 aromatic heterocycles. The van der Waals surface area contributed by atoms with Crippen LogP contribution in [0.15, 0.2) is 42.7 Å². The van der Waals surface area contributed by atoms with Crippen molar-refractivity contribution in [2.24, 2.45) is 0 Å². The Kier molecular flexibility index (Phi) is 3.23. The van der Waals surface area contributed by atoms with Gasteiger partial charge in [-0.1, -0.05) is 12.1 Å². The second-order valence-electron chi connectivity index (χ2n) is 5.55. The average Bonchev–Trinajstić information content (AvgIpc) is 3.20. The van der Waals surface area contributed by atoms with Crippen molar-refractivity contribution in [3.05, 3.63) is 52.8 Å². The summed E-state index contributed by atoms with van der Waals surface area (Å²) in [4.78, 5) is 28.3. The number of fused-ring (bicyclic) bond motifs is 1. The highest BCUT2D eigenvalue weighted by atomic mass is 16.6. The minimum Gasteiger partial charge on any atom is -0.312 e. The third-order valence-corrected chi connectivity index (χ3v) is 4.11. The molecule has 24 heavy (non-hydrogen) atoms. The molecule has 1 amide bonds. The molecule has 0 aliphatic carbocycles. The van der Waals surface area contributed by atoms with Gasteiger partial charge >= 0.3 is 5.69 Å². The van der Waals surface area contributed by atoms with Gasteiger partial charge in [0.05, 0.1) is 10.6 Å². The van der Waals surface area contributed by atoms with E-state index in [-0.39, 0.29) is 17.2 Å². The van der Waals surface area contributed by atoms with Gasteiger partial charge in [-0.05, 0) is 24.6 Å². The van der Waals surface area contributed by atoms with Crippen LogP contribution in [0.1, 0.15) is 12.8 Å². The molecule has 8 heteroatoms. The molecule has 0 atom stereocenters. The van der Waals surface area contributed by atoms with Crippen molar-refractivity contribution in [3.8, 4) is 11.3 Å². The van der Waals surface area contributed by atoms with Crippen molar-refractivity contribution >= 4 is 22.9 Å². The molecular weight excluding hydrogens is 310 g/mol. The minimum atomic E-state index is -0.502. The predicted octanol–water partition coefficient (Wildman–Crippen LogP) is 2.43. The number of amides is 1. The van der Waals surface area contributed by atoms with Crippen LogP contribution < -0.4 is 4.90 Å². The minimum absolute atomic E-state index is 0.113. The van der Waals surface area contributed by atoms with E-state index in [1.54, 1.807) is 11.0 Å². The van der Waals surface area contributed by atoms with Gasteiger partial charge < -0.3 is 4.90 Å². The first-order valence-electron chi connectivity index (χ1n) is 7.53. The molecule has 3 aromatic rings. The number of carbonyl (C=O) groups is 1. The number of hydrogen-bond acceptors (Lipinski definition) is 5. The number of anilines is 1. The Morgan fingerprint density at radius 2 is 2.12 bits per heavy atom. The van der Waals surface area contributed by atoms with Crippen LogP contribution in [0, 0.1) is 10.1 Å². The Morgan fingerprint density at radius 1 is 1.25 bits per heavy atom. The van der Waals surface area contributed by atoms with E-state index in [4.69, 9.17) is 0 Å². The second kappa shape index (κ2) is 5.41. The lowest BCUT2D eigenvalue weighted by molar-refractivity contribution is -0.383. The molecule has 0 N–H and O–H groups in total. The highest BCUT2D eigenvalue weighted by molar-refractivity contribution is 5.95. The highest BCUT2D eigenvalue weighted by Gasteiger charge is 2.22. The number of nitro groups is 1. The molecule has 0 radical (unpaired) electrons. The highest BCUT2D eigenvalue weighted by Crippen LogP contribution is 2.29. The SMILES string of the molecule is O=C1CCCN1c1cccc(-c2ccnc3c([N+](=O)[O-])cnn23)c1. The molecule has 8 nitrogen and oxygen atoms in total. The molecule has 1 fully saturated rings. The van der Waals surface area contributed by atoms with E-state index in [0.29, 0.717) is 18.7 Å². The van der Waals surface area contributed by atoms with Crippen molar-refractivity contribution in [1.82, 2.24) is 14.6 Å². The Bertz CT molecular complexity index is 965. The lowest BCUT2D eigenvalue weighted by Crippen LogP contribution is -2.23. The standard InChI is InChI=1S/C16H13N5O3/c22-15-5-2-8-19(15)12-4-1-3-11(9-12)13-6-7-17-16-14(21(23)24)10-18-20(13)16/h1,3-4,6-7,9-10H,2,5,8H2. The van der Waals surface area contributed by atoms with Crippen LogP contribution in [-0.4, -0.2) is 32.0 Å². The van der Waals surface area contributed by atoms with Crippen molar-refractivity contribution in [1.29, 1.82) is 0 Å². The summed E-state index contributed by atoms with van der Waals surface area (Å²) in [5, 5.41) is 15.1. The van der Waals surface area contributed by atoms with Crippen LogP contribution in [0.5, 0.6) is 0 Å². The van der Waals surface area contributed by atoms with Crippen LogP contribution in [0.25, 0.3) is 16.9 Å². The van der Waals surface area contributed by atoms with Gasteiger partial charge in [0.25, 0.3) is 0 Å². The summed E-state index contributed by atoms with van der Waals surface area (Å²) >= 11 is 0. The summed E-state index contributed by atoms with van der Waals surface area (Å²) in [6.07, 6.45) is 4.13. The largest absolute Gasteiger partial charge is 0.333 e. The predicted molar refractivity (Wildman–Crippen MR) is 86.7 cm³/mol. The van der Waals surface area contributed by atoms with E-state index in [0.717, 1.165) is 17.7 Å². The van der Waals surface area contributed by atoms with Gasteiger partial charge in [0.15, 0.2) is 0 Å². The molecule has 120 valence electrons. The van der Waals surface area contributed by atoms with E-state index in [2.05, 4.69) is 10.1 Å². The maximum absolute atomic E-state index is 11.9. The maximum atomic E-state index is 11.9. The van der Waals surface area contributed by atoms with Crippen molar-refractivity contribution in [2.75, 3.05) is 11.4 Å². The van der Waals surface area contributed by atoms with Crippen LogP contribution in [0.4, 0.5) is 11.4 Å². The normalized spacial score (nSPS) is 14.5. The molecule has 0 unspecified atom stereocenters. The smallest absolute Gasteiger partial charge is 0.312 e. The Morgan fingerprint density at radius 3 is 2.88 bits per heavy atom. The third-order valence-electron chi connectivity index (χ3n) is 4.11. The van der Waals surface area contributed by atoms with E-state index >= 15 is 0 Å². The summed E-state index contributed by atoms with van der Waals surface area (Å²) in [5.74, 6) is 0.113. The number of hydrogen-bond donors (Lipinski definition) is 0. The number of aromatic nitrogens is 3. The number of benzene rings is 1. The summed E-state index contributed by atoms with van der Waals surface area (Å²) in [7, 11) is 0. The topological polar surface area (TPSA) is 93.6 Å².